The van der Waals surface area contributed by atoms with Crippen molar-refractivity contribution < 1.29 is 0 Å². The maximum absolute atomic E-state index is 9.19. The molecule has 1 atom stereocenters. The van der Waals surface area contributed by atoms with E-state index in [-0.39, 0.29) is 6.04 Å². The van der Waals surface area contributed by atoms with Crippen molar-refractivity contribution in [2.75, 3.05) is 11.1 Å². The van der Waals surface area contributed by atoms with Gasteiger partial charge in [-0.25, -0.2) is 0 Å². The zero-order valence-electron chi connectivity index (χ0n) is 10.5. The van der Waals surface area contributed by atoms with Crippen molar-refractivity contribution in [3.63, 3.8) is 0 Å². The highest BCUT2D eigenvalue weighted by molar-refractivity contribution is 9.10. The van der Waals surface area contributed by atoms with E-state index in [1.807, 2.05) is 49.4 Å². The molecule has 3 N–H and O–H groups in total. The predicted molar refractivity (Wildman–Crippen MR) is 81.7 cm³/mol. The van der Waals surface area contributed by atoms with Crippen LogP contribution in [0.1, 0.15) is 24.1 Å². The Morgan fingerprint density at radius 1 is 1.21 bits per heavy atom. The van der Waals surface area contributed by atoms with E-state index < -0.39 is 0 Å². The Hall–Kier alpha value is -1.99. The van der Waals surface area contributed by atoms with Crippen molar-refractivity contribution in [3.8, 4) is 6.07 Å². The van der Waals surface area contributed by atoms with Crippen LogP contribution >= 0.6 is 15.9 Å². The third-order valence-corrected chi connectivity index (χ3v) is 3.62. The fraction of sp³-hybridized carbons (Fsp3) is 0.133. The van der Waals surface area contributed by atoms with E-state index in [0.29, 0.717) is 5.56 Å². The lowest BCUT2D eigenvalue weighted by Crippen LogP contribution is -2.10. The molecule has 0 heterocycles. The molecular formula is C15H14BrN3. The first kappa shape index (κ1) is 13.4. The summed E-state index contributed by atoms with van der Waals surface area (Å²) in [6, 6.07) is 15.6. The van der Waals surface area contributed by atoms with Crippen LogP contribution < -0.4 is 11.1 Å². The standard InChI is InChI=1S/C15H14BrN3/c1-10(11-5-2-3-7-14(11)18)19-15-8-4-6-13(16)12(15)9-17/h2-8,10,19H,18H2,1H3. The lowest BCUT2D eigenvalue weighted by Gasteiger charge is -2.18. The third kappa shape index (κ3) is 2.88. The molecule has 0 aliphatic carbocycles. The summed E-state index contributed by atoms with van der Waals surface area (Å²) in [5, 5.41) is 12.5. The average molecular weight is 316 g/mol. The van der Waals surface area contributed by atoms with Gasteiger partial charge in [-0.2, -0.15) is 5.26 Å². The molecule has 19 heavy (non-hydrogen) atoms. The first-order valence-corrected chi connectivity index (χ1v) is 6.72. The summed E-state index contributed by atoms with van der Waals surface area (Å²) in [5.41, 5.74) is 9.13. The molecule has 0 saturated heterocycles. The highest BCUT2D eigenvalue weighted by Crippen LogP contribution is 2.28. The number of para-hydroxylation sites is 1. The van der Waals surface area contributed by atoms with Crippen LogP contribution in [0.25, 0.3) is 0 Å². The van der Waals surface area contributed by atoms with E-state index >= 15 is 0 Å². The minimum Gasteiger partial charge on any atom is -0.398 e. The predicted octanol–water partition coefficient (Wildman–Crippen LogP) is 4.08. The first-order valence-electron chi connectivity index (χ1n) is 5.93. The Balaban J connectivity index is 2.30. The van der Waals surface area contributed by atoms with Crippen molar-refractivity contribution in [2.45, 2.75) is 13.0 Å². The van der Waals surface area contributed by atoms with Crippen molar-refractivity contribution in [2.24, 2.45) is 0 Å². The summed E-state index contributed by atoms with van der Waals surface area (Å²) in [6.07, 6.45) is 0. The maximum atomic E-state index is 9.19. The molecule has 2 aromatic carbocycles. The Bertz CT molecular complexity index is 632. The van der Waals surface area contributed by atoms with Crippen LogP contribution in [0.4, 0.5) is 11.4 Å². The number of hydrogen-bond acceptors (Lipinski definition) is 3. The SMILES string of the molecule is CC(Nc1cccc(Br)c1C#N)c1ccccc1N. The smallest absolute Gasteiger partial charge is 0.103 e. The number of nitrogens with zero attached hydrogens (tertiary/aromatic N) is 1. The summed E-state index contributed by atoms with van der Waals surface area (Å²) in [6.45, 7) is 2.02. The number of halogens is 1. The fourth-order valence-electron chi connectivity index (χ4n) is 1.97. The minimum absolute atomic E-state index is 0.0302. The molecular weight excluding hydrogens is 302 g/mol. The number of rotatable bonds is 3. The van der Waals surface area contributed by atoms with Crippen molar-refractivity contribution in [1.29, 1.82) is 5.26 Å². The van der Waals surface area contributed by atoms with Gasteiger partial charge < -0.3 is 11.1 Å². The van der Waals surface area contributed by atoms with Crippen LogP contribution in [-0.2, 0) is 0 Å². The zero-order chi connectivity index (χ0) is 13.8. The number of nitriles is 1. The molecule has 1 unspecified atom stereocenters. The summed E-state index contributed by atoms with van der Waals surface area (Å²) in [4.78, 5) is 0. The monoisotopic (exact) mass is 315 g/mol. The van der Waals surface area contributed by atoms with Gasteiger partial charge in [0, 0.05) is 10.2 Å². The van der Waals surface area contributed by atoms with Gasteiger partial charge in [0.25, 0.3) is 0 Å². The summed E-state index contributed by atoms with van der Waals surface area (Å²) < 4.78 is 0.785. The van der Waals surface area contributed by atoms with Gasteiger partial charge in [0.15, 0.2) is 0 Å². The topological polar surface area (TPSA) is 61.8 Å². The van der Waals surface area contributed by atoms with E-state index in [9.17, 15) is 5.26 Å². The van der Waals surface area contributed by atoms with Gasteiger partial charge in [0.2, 0.25) is 0 Å². The molecule has 2 aromatic rings. The van der Waals surface area contributed by atoms with Gasteiger partial charge in [-0.15, -0.1) is 0 Å². The summed E-state index contributed by atoms with van der Waals surface area (Å²) in [5.74, 6) is 0. The molecule has 96 valence electrons. The molecule has 0 aliphatic rings. The minimum atomic E-state index is 0.0302. The summed E-state index contributed by atoms with van der Waals surface area (Å²) in [7, 11) is 0. The van der Waals surface area contributed by atoms with Gasteiger partial charge in [0.1, 0.15) is 6.07 Å². The van der Waals surface area contributed by atoms with Gasteiger partial charge in [-0.3, -0.25) is 0 Å². The third-order valence-electron chi connectivity index (χ3n) is 2.96. The van der Waals surface area contributed by atoms with Crippen LogP contribution in [-0.4, -0.2) is 0 Å². The van der Waals surface area contributed by atoms with Gasteiger partial charge in [0.05, 0.1) is 17.3 Å². The molecule has 3 nitrogen and oxygen atoms in total. The quantitative estimate of drug-likeness (QED) is 0.839. The average Bonchev–Trinajstić information content (AvgIpc) is 2.39. The molecule has 0 aliphatic heterocycles. The second-order valence-electron chi connectivity index (χ2n) is 4.27. The molecule has 0 amide bonds. The van der Waals surface area contributed by atoms with E-state index in [1.165, 1.54) is 0 Å². The Kier molecular flexibility index (Phi) is 4.08. The number of benzene rings is 2. The number of anilines is 2. The van der Waals surface area contributed by atoms with E-state index in [0.717, 1.165) is 21.4 Å². The second-order valence-corrected chi connectivity index (χ2v) is 5.12. The molecule has 0 aromatic heterocycles. The van der Waals surface area contributed by atoms with Crippen molar-refractivity contribution >= 4 is 27.3 Å². The largest absolute Gasteiger partial charge is 0.398 e. The van der Waals surface area contributed by atoms with Crippen LogP contribution in [0.2, 0.25) is 0 Å². The number of nitrogens with one attached hydrogen (secondary N) is 1. The van der Waals surface area contributed by atoms with Crippen LogP contribution in [0.5, 0.6) is 0 Å². The van der Waals surface area contributed by atoms with E-state index in [1.54, 1.807) is 0 Å². The Labute approximate surface area is 121 Å². The molecule has 0 saturated carbocycles. The number of nitrogens with two attached hydrogens (primary N) is 1. The maximum Gasteiger partial charge on any atom is 0.103 e. The summed E-state index contributed by atoms with van der Waals surface area (Å²) >= 11 is 3.38. The molecule has 2 rings (SSSR count). The lowest BCUT2D eigenvalue weighted by molar-refractivity contribution is 0.887. The van der Waals surface area contributed by atoms with Gasteiger partial charge in [-0.05, 0) is 46.6 Å². The van der Waals surface area contributed by atoms with Crippen LogP contribution in [0.3, 0.4) is 0 Å². The van der Waals surface area contributed by atoms with Crippen molar-refractivity contribution in [3.05, 3.63) is 58.1 Å². The molecule has 4 heteroatoms. The zero-order valence-corrected chi connectivity index (χ0v) is 12.1. The van der Waals surface area contributed by atoms with Crippen molar-refractivity contribution in [1.82, 2.24) is 0 Å². The van der Waals surface area contributed by atoms with Crippen LogP contribution in [0.15, 0.2) is 46.9 Å². The normalized spacial score (nSPS) is 11.6. The number of hydrogen-bond donors (Lipinski definition) is 2. The van der Waals surface area contributed by atoms with Gasteiger partial charge >= 0.3 is 0 Å². The Morgan fingerprint density at radius 3 is 2.63 bits per heavy atom. The molecule has 0 radical (unpaired) electrons. The molecule has 0 bridgehead atoms. The lowest BCUT2D eigenvalue weighted by atomic mass is 10.1. The highest BCUT2D eigenvalue weighted by atomic mass is 79.9. The van der Waals surface area contributed by atoms with Gasteiger partial charge in [-0.1, -0.05) is 24.3 Å². The van der Waals surface area contributed by atoms with E-state index in [2.05, 4.69) is 27.3 Å². The Morgan fingerprint density at radius 2 is 1.95 bits per heavy atom. The molecule has 0 fully saturated rings. The number of nitrogen functional groups attached to an aromatic ring is 1. The second kappa shape index (κ2) is 5.77. The first-order chi connectivity index (χ1) is 9.13. The highest BCUT2D eigenvalue weighted by Gasteiger charge is 2.12. The van der Waals surface area contributed by atoms with E-state index in [4.69, 9.17) is 5.73 Å². The van der Waals surface area contributed by atoms with Crippen LogP contribution in [0, 0.1) is 11.3 Å². The molecule has 0 spiro atoms. The fourth-order valence-corrected chi connectivity index (χ4v) is 2.43.